The highest BCUT2D eigenvalue weighted by atomic mass is 127. The molecule has 0 atom stereocenters. The van der Waals surface area contributed by atoms with E-state index in [1.807, 2.05) is 18.2 Å². The van der Waals surface area contributed by atoms with E-state index in [9.17, 15) is 0 Å². The van der Waals surface area contributed by atoms with Crippen LogP contribution in [0.25, 0.3) is 0 Å². The minimum Gasteiger partial charge on any atom is -0.492 e. The summed E-state index contributed by atoms with van der Waals surface area (Å²) >= 11 is 0. The molecule has 1 aliphatic heterocycles. The zero-order valence-electron chi connectivity index (χ0n) is 18.9. The number of nitrogens with one attached hydrogen (secondary N) is 2. The number of guanidine groups is 1. The molecule has 0 unspecified atom stereocenters. The number of halogens is 1. The smallest absolute Gasteiger partial charge is 0.191 e. The fraction of sp³-hybridized carbons (Fsp3) is 0.682. The molecule has 0 aromatic heterocycles. The highest BCUT2D eigenvalue weighted by molar-refractivity contribution is 14.0. The number of para-hydroxylation sites is 1. The molecule has 0 aliphatic carbocycles. The van der Waals surface area contributed by atoms with Gasteiger partial charge >= 0.3 is 0 Å². The lowest BCUT2D eigenvalue weighted by atomic mass is 10.2. The molecule has 1 aromatic carbocycles. The fourth-order valence-electron chi connectivity index (χ4n) is 3.26. The van der Waals surface area contributed by atoms with Crippen molar-refractivity contribution in [3.05, 3.63) is 29.8 Å². The van der Waals surface area contributed by atoms with Crippen molar-refractivity contribution in [2.24, 2.45) is 4.99 Å². The molecule has 1 aromatic rings. The van der Waals surface area contributed by atoms with Gasteiger partial charge in [-0.2, -0.15) is 0 Å². The molecule has 0 radical (unpaired) electrons. The fourth-order valence-corrected chi connectivity index (χ4v) is 3.26. The first-order chi connectivity index (χ1) is 14.3. The molecule has 0 amide bonds. The van der Waals surface area contributed by atoms with E-state index in [1.165, 1.54) is 0 Å². The van der Waals surface area contributed by atoms with Crippen LogP contribution < -0.4 is 15.4 Å². The first-order valence-electron chi connectivity index (χ1n) is 11.0. The number of ether oxygens (including phenoxy) is 2. The Balaban J connectivity index is 0.00000450. The van der Waals surface area contributed by atoms with Crippen LogP contribution >= 0.6 is 24.0 Å². The van der Waals surface area contributed by atoms with Gasteiger partial charge in [-0.25, -0.2) is 4.99 Å². The molecule has 0 bridgehead atoms. The number of rotatable bonds is 12. The molecule has 7 nitrogen and oxygen atoms in total. The van der Waals surface area contributed by atoms with Gasteiger partial charge in [0.15, 0.2) is 5.96 Å². The van der Waals surface area contributed by atoms with Crippen LogP contribution in [0.2, 0.25) is 0 Å². The number of nitrogens with zero attached hydrogens (tertiary/aromatic N) is 3. The lowest BCUT2D eigenvalue weighted by Gasteiger charge is -2.26. The number of aliphatic imine (C=N–C) groups is 1. The Bertz CT molecular complexity index is 593. The Kier molecular flexibility index (Phi) is 14.9. The molecule has 1 heterocycles. The van der Waals surface area contributed by atoms with Crippen molar-refractivity contribution < 1.29 is 9.47 Å². The normalized spacial score (nSPS) is 15.0. The van der Waals surface area contributed by atoms with Gasteiger partial charge in [-0.3, -0.25) is 4.90 Å². The first kappa shape index (κ1) is 26.9. The van der Waals surface area contributed by atoms with Gasteiger partial charge in [0.05, 0.1) is 19.8 Å². The maximum atomic E-state index is 6.05. The van der Waals surface area contributed by atoms with Gasteiger partial charge in [0.2, 0.25) is 0 Å². The van der Waals surface area contributed by atoms with Gasteiger partial charge < -0.3 is 25.0 Å². The summed E-state index contributed by atoms with van der Waals surface area (Å²) < 4.78 is 11.5. The summed E-state index contributed by atoms with van der Waals surface area (Å²) in [4.78, 5) is 9.54. The van der Waals surface area contributed by atoms with Crippen LogP contribution in [0.1, 0.15) is 26.3 Å². The lowest BCUT2D eigenvalue weighted by molar-refractivity contribution is 0.0389. The maximum Gasteiger partial charge on any atom is 0.191 e. The van der Waals surface area contributed by atoms with Crippen molar-refractivity contribution >= 4 is 29.9 Å². The average Bonchev–Trinajstić information content (AvgIpc) is 2.76. The second-order valence-electron chi connectivity index (χ2n) is 7.06. The molecule has 1 saturated heterocycles. The van der Waals surface area contributed by atoms with E-state index in [-0.39, 0.29) is 24.0 Å². The summed E-state index contributed by atoms with van der Waals surface area (Å²) in [7, 11) is 0. The molecule has 1 aliphatic rings. The van der Waals surface area contributed by atoms with Gasteiger partial charge in [-0.1, -0.05) is 32.0 Å². The monoisotopic (exact) mass is 533 g/mol. The molecule has 172 valence electrons. The zero-order chi connectivity index (χ0) is 20.7. The largest absolute Gasteiger partial charge is 0.492 e. The third kappa shape index (κ3) is 10.3. The summed E-state index contributed by atoms with van der Waals surface area (Å²) in [6.45, 7) is 17.2. The van der Waals surface area contributed by atoms with Crippen LogP contribution in [0.3, 0.4) is 0 Å². The van der Waals surface area contributed by atoms with Gasteiger partial charge in [-0.15, -0.1) is 24.0 Å². The molecular formula is C22H40IN5O2. The van der Waals surface area contributed by atoms with Crippen molar-refractivity contribution in [3.63, 3.8) is 0 Å². The second kappa shape index (κ2) is 16.6. The average molecular weight is 533 g/mol. The highest BCUT2D eigenvalue weighted by Crippen LogP contribution is 2.18. The van der Waals surface area contributed by atoms with Crippen LogP contribution in [-0.4, -0.2) is 87.9 Å². The van der Waals surface area contributed by atoms with E-state index in [2.05, 4.69) is 47.3 Å². The van der Waals surface area contributed by atoms with Gasteiger partial charge in [0.25, 0.3) is 0 Å². The van der Waals surface area contributed by atoms with E-state index in [4.69, 9.17) is 14.5 Å². The minimum atomic E-state index is 0. The quantitative estimate of drug-likeness (QED) is 0.245. The van der Waals surface area contributed by atoms with E-state index in [0.717, 1.165) is 82.8 Å². The van der Waals surface area contributed by atoms with Crippen LogP contribution in [0.5, 0.6) is 5.75 Å². The number of morpholine rings is 1. The van der Waals surface area contributed by atoms with Gasteiger partial charge in [0, 0.05) is 44.8 Å². The molecule has 30 heavy (non-hydrogen) atoms. The molecule has 2 rings (SSSR count). The van der Waals surface area contributed by atoms with E-state index in [1.54, 1.807) is 0 Å². The summed E-state index contributed by atoms with van der Waals surface area (Å²) in [5.74, 6) is 1.77. The van der Waals surface area contributed by atoms with Crippen molar-refractivity contribution in [3.8, 4) is 5.75 Å². The summed E-state index contributed by atoms with van der Waals surface area (Å²) in [5.41, 5.74) is 1.11. The van der Waals surface area contributed by atoms with Crippen molar-refractivity contribution in [1.29, 1.82) is 0 Å². The highest BCUT2D eigenvalue weighted by Gasteiger charge is 2.10. The zero-order valence-corrected chi connectivity index (χ0v) is 21.2. The number of hydrogen-bond donors (Lipinski definition) is 2. The first-order valence-corrected chi connectivity index (χ1v) is 11.0. The van der Waals surface area contributed by atoms with Crippen molar-refractivity contribution in [2.45, 2.75) is 27.3 Å². The maximum absolute atomic E-state index is 6.05. The number of hydrogen-bond acceptors (Lipinski definition) is 5. The molecule has 1 fully saturated rings. The Morgan fingerprint density at radius 3 is 2.57 bits per heavy atom. The summed E-state index contributed by atoms with van der Waals surface area (Å²) in [6.07, 6.45) is 0. The van der Waals surface area contributed by atoms with Crippen LogP contribution in [0.15, 0.2) is 29.3 Å². The lowest BCUT2D eigenvalue weighted by Crippen LogP contribution is -2.44. The predicted octanol–water partition coefficient (Wildman–Crippen LogP) is 2.41. The molecule has 8 heteroatoms. The van der Waals surface area contributed by atoms with Crippen LogP contribution in [0.4, 0.5) is 0 Å². The Hall–Kier alpha value is -1.10. The van der Waals surface area contributed by atoms with Gasteiger partial charge in [0.1, 0.15) is 12.4 Å². The summed E-state index contributed by atoms with van der Waals surface area (Å²) in [6, 6.07) is 8.19. The van der Waals surface area contributed by atoms with Crippen LogP contribution in [-0.2, 0) is 11.3 Å². The van der Waals surface area contributed by atoms with Crippen molar-refractivity contribution in [1.82, 2.24) is 20.4 Å². The third-order valence-electron chi connectivity index (χ3n) is 5.11. The van der Waals surface area contributed by atoms with E-state index >= 15 is 0 Å². The molecule has 2 N–H and O–H groups in total. The van der Waals surface area contributed by atoms with E-state index < -0.39 is 0 Å². The summed E-state index contributed by atoms with van der Waals surface area (Å²) in [5, 5.41) is 6.77. The Morgan fingerprint density at radius 2 is 1.87 bits per heavy atom. The molecule has 0 saturated carbocycles. The predicted molar refractivity (Wildman–Crippen MR) is 135 cm³/mol. The van der Waals surface area contributed by atoms with Crippen LogP contribution in [0, 0.1) is 0 Å². The minimum absolute atomic E-state index is 0. The standard InChI is InChI=1S/C22H39N5O2.HI/c1-4-23-22(24-11-12-27-13-16-28-17-14-27)25-19-20-9-7-8-10-21(20)29-18-15-26(5-2)6-3;/h7-10H,4-6,11-19H2,1-3H3,(H2,23,24,25);1H. The topological polar surface area (TPSA) is 61.4 Å². The van der Waals surface area contributed by atoms with Crippen molar-refractivity contribution in [2.75, 3.05) is 72.2 Å². The Morgan fingerprint density at radius 1 is 1.13 bits per heavy atom. The molecule has 0 spiro atoms. The number of likely N-dealkylation sites (N-methyl/N-ethyl adjacent to an activating group) is 1. The third-order valence-corrected chi connectivity index (χ3v) is 5.11. The second-order valence-corrected chi connectivity index (χ2v) is 7.06. The molecular weight excluding hydrogens is 493 g/mol. The Labute approximate surface area is 199 Å². The number of benzene rings is 1. The van der Waals surface area contributed by atoms with E-state index in [0.29, 0.717) is 13.2 Å². The van der Waals surface area contributed by atoms with Gasteiger partial charge in [-0.05, 0) is 26.1 Å². The SMILES string of the molecule is CCNC(=NCc1ccccc1OCCN(CC)CC)NCCN1CCOCC1.I.